The van der Waals surface area contributed by atoms with Gasteiger partial charge in [0.05, 0.1) is 11.4 Å². The number of rotatable bonds is 3. The van der Waals surface area contributed by atoms with Crippen LogP contribution in [0, 0.1) is 0 Å². The molecule has 0 N–H and O–H groups in total. The fourth-order valence-corrected chi connectivity index (χ4v) is 9.67. The summed E-state index contributed by atoms with van der Waals surface area (Å²) in [6, 6.07) is 47.7. The lowest BCUT2D eigenvalue weighted by Crippen LogP contribution is -2.18. The van der Waals surface area contributed by atoms with Crippen LogP contribution >= 0.6 is 11.3 Å². The third kappa shape index (κ3) is 3.82. The Bertz CT molecular complexity index is 2670. The van der Waals surface area contributed by atoms with Crippen molar-refractivity contribution in [2.24, 2.45) is 0 Å². The summed E-state index contributed by atoms with van der Waals surface area (Å²) in [6.45, 7) is 4.84. The highest BCUT2D eigenvalue weighted by Crippen LogP contribution is 2.55. The van der Waals surface area contributed by atoms with E-state index in [-0.39, 0.29) is 5.41 Å². The minimum Gasteiger partial charge on any atom is -0.309 e. The number of anilines is 3. The lowest BCUT2D eigenvalue weighted by Gasteiger charge is -2.31. The Morgan fingerprint density at radius 3 is 2.19 bits per heavy atom. The van der Waals surface area contributed by atoms with Crippen LogP contribution in [0.5, 0.6) is 0 Å². The Balaban J connectivity index is 1.34. The van der Waals surface area contributed by atoms with Crippen molar-refractivity contribution in [3.8, 4) is 0 Å². The van der Waals surface area contributed by atoms with Crippen LogP contribution in [0.15, 0.2) is 145 Å². The number of thiophene rings is 1. The van der Waals surface area contributed by atoms with Crippen molar-refractivity contribution in [1.82, 2.24) is 0 Å². The molecule has 10 rings (SSSR count). The minimum absolute atomic E-state index is 0.00576. The molecule has 1 heterocycles. The molecule has 0 unspecified atom stereocenters. The molecule has 224 valence electrons. The van der Waals surface area contributed by atoms with Crippen LogP contribution in [0.4, 0.5) is 17.1 Å². The van der Waals surface area contributed by atoms with Gasteiger partial charge in [-0.2, -0.15) is 0 Å². The van der Waals surface area contributed by atoms with E-state index in [1.54, 1.807) is 5.57 Å². The van der Waals surface area contributed by atoms with Crippen molar-refractivity contribution in [3.05, 3.63) is 156 Å². The van der Waals surface area contributed by atoms with Gasteiger partial charge in [0, 0.05) is 42.2 Å². The molecular weight excluding hydrogens is 587 g/mol. The highest BCUT2D eigenvalue weighted by atomic mass is 32.1. The van der Waals surface area contributed by atoms with E-state index in [0.717, 1.165) is 12.8 Å². The largest absolute Gasteiger partial charge is 0.309 e. The fraction of sp³-hybridized carbons (Fsp3) is 0.111. The molecule has 0 amide bonds. The second-order valence-electron chi connectivity index (χ2n) is 13.6. The van der Waals surface area contributed by atoms with E-state index >= 15 is 0 Å². The molecule has 1 aromatic heterocycles. The molecule has 0 saturated carbocycles. The summed E-state index contributed by atoms with van der Waals surface area (Å²) >= 11 is 1.89. The lowest BCUT2D eigenvalue weighted by atomic mass is 9.78. The highest BCUT2D eigenvalue weighted by molar-refractivity contribution is 7.25. The van der Waals surface area contributed by atoms with Gasteiger partial charge in [0.25, 0.3) is 0 Å². The maximum absolute atomic E-state index is 2.57. The Labute approximate surface area is 278 Å². The van der Waals surface area contributed by atoms with Crippen molar-refractivity contribution in [2.75, 3.05) is 4.90 Å². The predicted molar refractivity (Wildman–Crippen MR) is 205 cm³/mol. The first-order valence-corrected chi connectivity index (χ1v) is 17.5. The molecule has 0 aliphatic heterocycles. The summed E-state index contributed by atoms with van der Waals surface area (Å²) < 4.78 is 2.65. The molecule has 7 aromatic carbocycles. The quantitative estimate of drug-likeness (QED) is 0.178. The van der Waals surface area contributed by atoms with Crippen LogP contribution in [0.1, 0.15) is 37.8 Å². The maximum atomic E-state index is 2.57. The van der Waals surface area contributed by atoms with E-state index < -0.39 is 0 Å². The second kappa shape index (κ2) is 9.91. The zero-order chi connectivity index (χ0) is 31.3. The lowest BCUT2D eigenvalue weighted by molar-refractivity contribution is 0.607. The van der Waals surface area contributed by atoms with Gasteiger partial charge in [-0.15, -0.1) is 11.3 Å². The molecule has 0 atom stereocenters. The second-order valence-corrected chi connectivity index (χ2v) is 14.7. The maximum Gasteiger partial charge on any atom is 0.0546 e. The molecule has 0 bridgehead atoms. The molecular formula is C45H33NS. The number of benzene rings is 7. The van der Waals surface area contributed by atoms with Crippen LogP contribution in [0.2, 0.25) is 0 Å². The monoisotopic (exact) mass is 619 g/mol. The van der Waals surface area contributed by atoms with Gasteiger partial charge in [-0.05, 0) is 81.2 Å². The smallest absolute Gasteiger partial charge is 0.0546 e. The van der Waals surface area contributed by atoms with E-state index in [1.165, 1.54) is 86.3 Å². The number of hydrogen-bond donors (Lipinski definition) is 0. The van der Waals surface area contributed by atoms with Crippen LogP contribution in [-0.4, -0.2) is 0 Å². The highest BCUT2D eigenvalue weighted by Gasteiger charge is 2.39. The molecule has 2 heteroatoms. The summed E-state index contributed by atoms with van der Waals surface area (Å²) in [7, 11) is 0. The molecule has 0 spiro atoms. The molecule has 8 aromatic rings. The van der Waals surface area contributed by atoms with Crippen LogP contribution < -0.4 is 4.90 Å². The van der Waals surface area contributed by atoms with Crippen molar-refractivity contribution in [3.63, 3.8) is 0 Å². The number of fused-ring (bicyclic) bond motifs is 10. The molecule has 47 heavy (non-hydrogen) atoms. The van der Waals surface area contributed by atoms with Crippen LogP contribution in [0.3, 0.4) is 0 Å². The molecule has 2 aliphatic rings. The Kier molecular flexibility index (Phi) is 5.69. The fourth-order valence-electron chi connectivity index (χ4n) is 8.53. The topological polar surface area (TPSA) is 3.24 Å². The van der Waals surface area contributed by atoms with Gasteiger partial charge >= 0.3 is 0 Å². The van der Waals surface area contributed by atoms with E-state index in [4.69, 9.17) is 0 Å². The van der Waals surface area contributed by atoms with Crippen molar-refractivity contribution < 1.29 is 0 Å². The van der Waals surface area contributed by atoms with Gasteiger partial charge < -0.3 is 4.90 Å². The molecule has 0 saturated heterocycles. The number of allylic oxidation sites excluding steroid dienone is 4. The summed E-state index contributed by atoms with van der Waals surface area (Å²) in [5, 5.41) is 10.3. The van der Waals surface area contributed by atoms with Crippen LogP contribution in [0.25, 0.3) is 58.1 Å². The van der Waals surface area contributed by atoms with E-state index in [0.29, 0.717) is 0 Å². The van der Waals surface area contributed by atoms with Gasteiger partial charge in [0.2, 0.25) is 0 Å². The predicted octanol–water partition coefficient (Wildman–Crippen LogP) is 13.4. The van der Waals surface area contributed by atoms with E-state index in [1.807, 2.05) is 11.3 Å². The molecule has 2 aliphatic carbocycles. The average molecular weight is 620 g/mol. The van der Waals surface area contributed by atoms with Gasteiger partial charge in [-0.1, -0.05) is 129 Å². The van der Waals surface area contributed by atoms with E-state index in [2.05, 4.69) is 158 Å². The van der Waals surface area contributed by atoms with Gasteiger partial charge in [0.1, 0.15) is 0 Å². The van der Waals surface area contributed by atoms with Gasteiger partial charge in [-0.3, -0.25) is 0 Å². The third-order valence-electron chi connectivity index (χ3n) is 10.8. The summed E-state index contributed by atoms with van der Waals surface area (Å²) in [6.07, 6.45) is 6.99. The Morgan fingerprint density at radius 2 is 1.30 bits per heavy atom. The van der Waals surface area contributed by atoms with Gasteiger partial charge in [-0.25, -0.2) is 0 Å². The summed E-state index contributed by atoms with van der Waals surface area (Å²) in [5.41, 5.74) is 9.42. The Hall–Kier alpha value is -5.18. The van der Waals surface area contributed by atoms with Crippen LogP contribution in [-0.2, 0) is 5.41 Å². The zero-order valence-electron chi connectivity index (χ0n) is 26.5. The normalized spacial score (nSPS) is 15.3. The number of hydrogen-bond acceptors (Lipinski definition) is 2. The minimum atomic E-state index is -0.00576. The molecule has 1 nitrogen and oxygen atoms in total. The first-order valence-electron chi connectivity index (χ1n) is 16.7. The van der Waals surface area contributed by atoms with Gasteiger partial charge in [0.15, 0.2) is 0 Å². The third-order valence-corrected chi connectivity index (χ3v) is 11.9. The molecule has 0 radical (unpaired) electrons. The number of nitrogens with zero attached hydrogens (tertiary/aromatic N) is 1. The van der Waals surface area contributed by atoms with Crippen molar-refractivity contribution >= 4 is 86.5 Å². The zero-order valence-corrected chi connectivity index (χ0v) is 27.4. The Morgan fingerprint density at radius 1 is 0.574 bits per heavy atom. The van der Waals surface area contributed by atoms with Crippen molar-refractivity contribution in [1.29, 1.82) is 0 Å². The summed E-state index contributed by atoms with van der Waals surface area (Å²) in [4.78, 5) is 2.57. The van der Waals surface area contributed by atoms with E-state index in [9.17, 15) is 0 Å². The molecule has 0 fully saturated rings. The van der Waals surface area contributed by atoms with Crippen molar-refractivity contribution in [2.45, 2.75) is 32.1 Å². The first kappa shape index (κ1) is 27.0. The standard InChI is InChI=1S/C45H33NS/c1-45(2)38-18-9-7-17-36(38)44-39(45)19-11-20-40(44)46(29-23-25-35-34-16-8-10-21-42(34)47-43(35)26-29)41-27-37-30-13-4-3-12-28(30)22-24-32(37)31-14-5-6-15-33(31)41/h3-8,10-17,19-27H,9,18H2,1-2H3. The average Bonchev–Trinajstić information content (AvgIpc) is 3.60. The first-order chi connectivity index (χ1) is 23.1. The summed E-state index contributed by atoms with van der Waals surface area (Å²) in [5.74, 6) is 0. The SMILES string of the molecule is CC1(C)C2=C(C=CCC2)c2c(N(c3ccc4c(c3)sc3ccccc34)c3cc4c5ccccc5ccc4c4ccccc34)cccc21.